The van der Waals surface area contributed by atoms with E-state index in [4.69, 9.17) is 0 Å². The number of aromatic nitrogens is 2. The largest absolute Gasteiger partial charge is 0.369 e. The third-order valence-electron chi connectivity index (χ3n) is 4.39. The number of rotatable bonds is 6. The second-order valence-corrected chi connectivity index (χ2v) is 7.71. The van der Waals surface area contributed by atoms with Crippen LogP contribution >= 0.6 is 11.3 Å². The number of anilines is 1. The monoisotopic (exact) mass is 318 g/mol. The van der Waals surface area contributed by atoms with E-state index in [0.717, 1.165) is 28.5 Å². The van der Waals surface area contributed by atoms with E-state index in [-0.39, 0.29) is 0 Å². The fourth-order valence-corrected chi connectivity index (χ4v) is 4.12. The third-order valence-corrected chi connectivity index (χ3v) is 5.35. The number of piperidine rings is 1. The number of likely N-dealkylation sites (tertiary alicyclic amines) is 1. The Balaban J connectivity index is 1.43. The molecule has 3 rings (SSSR count). The van der Waals surface area contributed by atoms with Crippen molar-refractivity contribution in [2.24, 2.45) is 5.92 Å². The van der Waals surface area contributed by atoms with E-state index in [1.807, 2.05) is 0 Å². The average Bonchev–Trinajstić information content (AvgIpc) is 2.88. The van der Waals surface area contributed by atoms with Crippen LogP contribution in [0.1, 0.15) is 37.5 Å². The molecule has 1 fully saturated rings. The molecule has 2 aromatic rings. The Kier molecular flexibility index (Phi) is 5.26. The summed E-state index contributed by atoms with van der Waals surface area (Å²) >= 11 is 1.73. The summed E-state index contributed by atoms with van der Waals surface area (Å²) in [5.74, 6) is 1.86. The van der Waals surface area contributed by atoms with Crippen molar-refractivity contribution in [3.8, 4) is 0 Å². The lowest BCUT2D eigenvalue weighted by Gasteiger charge is -2.30. The summed E-state index contributed by atoms with van der Waals surface area (Å²) < 4.78 is 0. The van der Waals surface area contributed by atoms with Crippen LogP contribution in [0.25, 0.3) is 10.2 Å². The Bertz CT molecular complexity index is 610. The van der Waals surface area contributed by atoms with Crippen molar-refractivity contribution in [1.29, 1.82) is 0 Å². The number of hydrogen-bond donors (Lipinski definition) is 1. The van der Waals surface area contributed by atoms with Gasteiger partial charge in [0.05, 0.1) is 5.39 Å². The lowest BCUT2D eigenvalue weighted by Crippen LogP contribution is -2.35. The van der Waals surface area contributed by atoms with Crippen LogP contribution in [-0.4, -0.2) is 41.0 Å². The molecule has 3 heterocycles. The molecule has 1 N–H and O–H groups in total. The van der Waals surface area contributed by atoms with Crippen LogP contribution in [0.4, 0.5) is 5.82 Å². The normalized spacial score (nSPS) is 19.6. The number of fused-ring (bicyclic) bond motifs is 1. The van der Waals surface area contributed by atoms with Gasteiger partial charge in [0.2, 0.25) is 0 Å². The first kappa shape index (κ1) is 15.7. The van der Waals surface area contributed by atoms with E-state index in [2.05, 4.69) is 40.1 Å². The molecule has 5 heteroatoms. The molecule has 1 unspecified atom stereocenters. The molecule has 22 heavy (non-hydrogen) atoms. The zero-order valence-corrected chi connectivity index (χ0v) is 14.5. The van der Waals surface area contributed by atoms with Gasteiger partial charge in [0.1, 0.15) is 17.0 Å². The van der Waals surface area contributed by atoms with Crippen molar-refractivity contribution in [3.05, 3.63) is 17.3 Å². The minimum absolute atomic E-state index is 0.878. The van der Waals surface area contributed by atoms with Crippen LogP contribution < -0.4 is 5.32 Å². The molecule has 0 aromatic carbocycles. The van der Waals surface area contributed by atoms with Gasteiger partial charge in [0.15, 0.2) is 0 Å². The van der Waals surface area contributed by atoms with Gasteiger partial charge in [-0.25, -0.2) is 9.97 Å². The number of nitrogens with one attached hydrogen (secondary N) is 1. The van der Waals surface area contributed by atoms with Gasteiger partial charge in [-0.3, -0.25) is 0 Å². The lowest BCUT2D eigenvalue weighted by atomic mass is 10.0. The number of nitrogens with zero attached hydrogens (tertiary/aromatic N) is 3. The molecule has 1 aliphatic heterocycles. The van der Waals surface area contributed by atoms with Crippen LogP contribution in [0.15, 0.2) is 12.4 Å². The van der Waals surface area contributed by atoms with Crippen molar-refractivity contribution in [2.75, 3.05) is 31.5 Å². The number of hydrogen-bond acceptors (Lipinski definition) is 5. The van der Waals surface area contributed by atoms with Crippen molar-refractivity contribution in [3.63, 3.8) is 0 Å². The van der Waals surface area contributed by atoms with Crippen LogP contribution in [0.5, 0.6) is 0 Å². The molecule has 1 saturated heterocycles. The maximum atomic E-state index is 4.39. The Morgan fingerprint density at radius 3 is 3.14 bits per heavy atom. The van der Waals surface area contributed by atoms with Crippen molar-refractivity contribution < 1.29 is 0 Å². The van der Waals surface area contributed by atoms with Gasteiger partial charge in [0, 0.05) is 18.0 Å². The molecule has 0 amide bonds. The van der Waals surface area contributed by atoms with E-state index in [0.29, 0.717) is 0 Å². The summed E-state index contributed by atoms with van der Waals surface area (Å²) in [4.78, 5) is 13.7. The highest BCUT2D eigenvalue weighted by molar-refractivity contribution is 7.18. The van der Waals surface area contributed by atoms with Crippen molar-refractivity contribution >= 4 is 27.4 Å². The van der Waals surface area contributed by atoms with E-state index >= 15 is 0 Å². The molecule has 120 valence electrons. The van der Waals surface area contributed by atoms with Crippen LogP contribution in [0, 0.1) is 12.8 Å². The number of aryl methyl sites for hydroxylation is 1. The highest BCUT2D eigenvalue weighted by Crippen LogP contribution is 2.27. The van der Waals surface area contributed by atoms with Crippen molar-refractivity contribution in [2.45, 2.75) is 39.5 Å². The van der Waals surface area contributed by atoms with Crippen LogP contribution in [0.3, 0.4) is 0 Å². The Morgan fingerprint density at radius 2 is 2.27 bits per heavy atom. The topological polar surface area (TPSA) is 41.0 Å². The Hall–Kier alpha value is -1.20. The zero-order valence-electron chi connectivity index (χ0n) is 13.6. The first-order valence-corrected chi connectivity index (χ1v) is 9.21. The number of unbranched alkanes of at least 4 members (excludes halogenated alkanes) is 1. The minimum atomic E-state index is 0.878. The summed E-state index contributed by atoms with van der Waals surface area (Å²) in [6.07, 6.45) is 6.89. The molecule has 1 aliphatic rings. The molecule has 2 aromatic heterocycles. The van der Waals surface area contributed by atoms with Crippen molar-refractivity contribution in [1.82, 2.24) is 14.9 Å². The van der Waals surface area contributed by atoms with E-state index in [1.165, 1.54) is 50.2 Å². The van der Waals surface area contributed by atoms with E-state index < -0.39 is 0 Å². The van der Waals surface area contributed by atoms with Gasteiger partial charge >= 0.3 is 0 Å². The van der Waals surface area contributed by atoms with Gasteiger partial charge in [-0.2, -0.15) is 0 Å². The lowest BCUT2D eigenvalue weighted by molar-refractivity contribution is 0.181. The second kappa shape index (κ2) is 7.38. The second-order valence-electron chi connectivity index (χ2n) is 6.48. The number of thiophene rings is 1. The fraction of sp³-hybridized carbons (Fsp3) is 0.647. The van der Waals surface area contributed by atoms with E-state index in [9.17, 15) is 0 Å². The highest BCUT2D eigenvalue weighted by Gasteiger charge is 2.15. The van der Waals surface area contributed by atoms with Gasteiger partial charge in [0.25, 0.3) is 0 Å². The molecule has 0 saturated carbocycles. The third kappa shape index (κ3) is 3.96. The maximum absolute atomic E-state index is 4.39. The first-order valence-electron chi connectivity index (χ1n) is 8.40. The predicted octanol–water partition coefficient (Wildman–Crippen LogP) is 3.92. The molecule has 0 bridgehead atoms. The molecular formula is C17H26N4S. The molecule has 0 spiro atoms. The van der Waals surface area contributed by atoms with Gasteiger partial charge in [-0.15, -0.1) is 11.3 Å². The molecule has 0 radical (unpaired) electrons. The van der Waals surface area contributed by atoms with Crippen LogP contribution in [0.2, 0.25) is 0 Å². The summed E-state index contributed by atoms with van der Waals surface area (Å²) in [7, 11) is 0. The molecule has 4 nitrogen and oxygen atoms in total. The van der Waals surface area contributed by atoms with Gasteiger partial charge in [-0.05, 0) is 57.7 Å². The van der Waals surface area contributed by atoms with Gasteiger partial charge < -0.3 is 10.2 Å². The Morgan fingerprint density at radius 1 is 1.36 bits per heavy atom. The maximum Gasteiger partial charge on any atom is 0.138 e. The first-order chi connectivity index (χ1) is 10.7. The minimum Gasteiger partial charge on any atom is -0.369 e. The van der Waals surface area contributed by atoms with Crippen LogP contribution in [-0.2, 0) is 0 Å². The highest BCUT2D eigenvalue weighted by atomic mass is 32.1. The predicted molar refractivity (Wildman–Crippen MR) is 94.7 cm³/mol. The SMILES string of the molecule is Cc1cc2c(NCCCCN3CCCC(C)C3)ncnc2s1. The smallest absolute Gasteiger partial charge is 0.138 e. The average molecular weight is 318 g/mol. The molecule has 0 aliphatic carbocycles. The summed E-state index contributed by atoms with van der Waals surface area (Å²) in [5.41, 5.74) is 0. The Labute approximate surface area is 137 Å². The fourth-order valence-electron chi connectivity index (χ4n) is 3.27. The summed E-state index contributed by atoms with van der Waals surface area (Å²) in [6.45, 7) is 9.30. The summed E-state index contributed by atoms with van der Waals surface area (Å²) in [5, 5.41) is 4.65. The quantitative estimate of drug-likeness (QED) is 0.820. The zero-order chi connectivity index (χ0) is 15.4. The standard InChI is InChI=1S/C17H26N4S/c1-13-6-5-9-21(11-13)8-4-3-7-18-16-15-10-14(2)22-17(15)20-12-19-16/h10,12-13H,3-9,11H2,1-2H3,(H,18,19,20). The van der Waals surface area contributed by atoms with Gasteiger partial charge in [-0.1, -0.05) is 6.92 Å². The van der Waals surface area contributed by atoms with E-state index in [1.54, 1.807) is 17.7 Å². The summed E-state index contributed by atoms with van der Waals surface area (Å²) in [6, 6.07) is 2.18. The molecular weight excluding hydrogens is 292 g/mol. The molecule has 1 atom stereocenters.